The topological polar surface area (TPSA) is 94.4 Å². The standard InChI is InChI=1S/C28H36N6O3/c1-36-27-15-22(13-14-26(27)37-19-21-9-5-4-6-10-21)17-33-18-24(34-20-29-31-32-34)16-25(33)28(35)30-23-11-7-2-3-8-12-23/h4-6,9-10,13-15,20,23-25H,2-3,7-8,11-12,16-19H2,1H3,(H,30,35)/t24-,25+/m1/s1. The second-order valence-corrected chi connectivity index (χ2v) is 10.1. The minimum Gasteiger partial charge on any atom is -0.493 e. The molecule has 2 atom stereocenters. The Bertz CT molecular complexity index is 1130. The highest BCUT2D eigenvalue weighted by Gasteiger charge is 2.38. The number of likely N-dealkylation sites (tertiary alicyclic amines) is 1. The largest absolute Gasteiger partial charge is 0.493 e. The summed E-state index contributed by atoms with van der Waals surface area (Å²) in [4.78, 5) is 15.7. The van der Waals surface area contributed by atoms with Crippen molar-refractivity contribution < 1.29 is 14.3 Å². The number of nitrogens with zero attached hydrogens (tertiary/aromatic N) is 5. The number of hydrogen-bond donors (Lipinski definition) is 1. The molecule has 1 amide bonds. The van der Waals surface area contributed by atoms with E-state index < -0.39 is 0 Å². The van der Waals surface area contributed by atoms with Gasteiger partial charge in [-0.15, -0.1) is 5.10 Å². The van der Waals surface area contributed by atoms with Crippen LogP contribution in [0.1, 0.15) is 62.1 Å². The van der Waals surface area contributed by atoms with Gasteiger partial charge in [-0.25, -0.2) is 4.68 Å². The van der Waals surface area contributed by atoms with Crippen molar-refractivity contribution in [1.82, 2.24) is 30.4 Å². The Balaban J connectivity index is 1.29. The van der Waals surface area contributed by atoms with Crippen molar-refractivity contribution in [1.29, 1.82) is 0 Å². The van der Waals surface area contributed by atoms with Crippen molar-refractivity contribution in [2.24, 2.45) is 0 Å². The maximum absolute atomic E-state index is 13.5. The van der Waals surface area contributed by atoms with E-state index in [-0.39, 0.29) is 24.0 Å². The number of tetrazole rings is 1. The van der Waals surface area contributed by atoms with Crippen LogP contribution in [-0.2, 0) is 17.9 Å². The second-order valence-electron chi connectivity index (χ2n) is 10.1. The average Bonchev–Trinajstić information content (AvgIpc) is 3.54. The van der Waals surface area contributed by atoms with Crippen LogP contribution in [0.4, 0.5) is 0 Å². The molecule has 1 saturated carbocycles. The molecule has 1 aliphatic carbocycles. The summed E-state index contributed by atoms with van der Waals surface area (Å²) in [6.07, 6.45) is 9.34. The van der Waals surface area contributed by atoms with Gasteiger partial charge in [-0.1, -0.05) is 62.1 Å². The zero-order valence-corrected chi connectivity index (χ0v) is 21.5. The Labute approximate surface area is 218 Å². The maximum atomic E-state index is 13.5. The number of methoxy groups -OCH3 is 1. The van der Waals surface area contributed by atoms with Crippen molar-refractivity contribution in [2.45, 2.75) is 76.2 Å². The molecule has 9 nitrogen and oxygen atoms in total. The average molecular weight is 505 g/mol. The molecular formula is C28H36N6O3. The first-order valence-corrected chi connectivity index (χ1v) is 13.3. The van der Waals surface area contributed by atoms with Crippen molar-refractivity contribution in [3.63, 3.8) is 0 Å². The molecule has 3 aromatic rings. The highest BCUT2D eigenvalue weighted by molar-refractivity contribution is 5.82. The SMILES string of the molecule is COc1cc(CN2C[C@H](n3cnnn3)C[C@H]2C(=O)NC2CCCCCC2)ccc1OCc1ccccc1. The highest BCUT2D eigenvalue weighted by Crippen LogP contribution is 2.33. The lowest BCUT2D eigenvalue weighted by Crippen LogP contribution is -2.46. The second kappa shape index (κ2) is 12.2. The van der Waals surface area contributed by atoms with Crippen LogP contribution in [0, 0.1) is 0 Å². The number of nitrogens with one attached hydrogen (secondary N) is 1. The molecule has 0 spiro atoms. The fourth-order valence-corrected chi connectivity index (χ4v) is 5.47. The molecule has 9 heteroatoms. The molecule has 0 unspecified atom stereocenters. The van der Waals surface area contributed by atoms with Crippen LogP contribution in [0.15, 0.2) is 54.9 Å². The van der Waals surface area contributed by atoms with Crippen LogP contribution in [0.2, 0.25) is 0 Å². The Morgan fingerprint density at radius 1 is 1.03 bits per heavy atom. The number of benzene rings is 2. The van der Waals surface area contributed by atoms with Crippen molar-refractivity contribution in [3.8, 4) is 11.5 Å². The molecule has 1 aliphatic heterocycles. The quantitative estimate of drug-likeness (QED) is 0.442. The van der Waals surface area contributed by atoms with Crippen LogP contribution in [0.25, 0.3) is 0 Å². The zero-order valence-electron chi connectivity index (χ0n) is 21.5. The van der Waals surface area contributed by atoms with Crippen LogP contribution in [0.3, 0.4) is 0 Å². The molecule has 2 heterocycles. The molecule has 0 bridgehead atoms. The van der Waals surface area contributed by atoms with E-state index in [0.29, 0.717) is 37.6 Å². The first kappa shape index (κ1) is 25.2. The number of rotatable bonds is 9. The summed E-state index contributed by atoms with van der Waals surface area (Å²) in [5, 5.41) is 15.1. The van der Waals surface area contributed by atoms with E-state index in [1.165, 1.54) is 25.7 Å². The number of ether oxygens (including phenoxy) is 2. The maximum Gasteiger partial charge on any atom is 0.237 e. The number of carbonyl (C=O) groups excluding carboxylic acids is 1. The van der Waals surface area contributed by atoms with Gasteiger partial charge in [0.1, 0.15) is 12.9 Å². The Kier molecular flexibility index (Phi) is 8.30. The van der Waals surface area contributed by atoms with Gasteiger partial charge in [-0.05, 0) is 52.9 Å². The first-order valence-electron chi connectivity index (χ1n) is 13.3. The molecular weight excluding hydrogens is 468 g/mol. The van der Waals surface area contributed by atoms with Gasteiger partial charge in [0.15, 0.2) is 11.5 Å². The van der Waals surface area contributed by atoms with Crippen LogP contribution < -0.4 is 14.8 Å². The van der Waals surface area contributed by atoms with Gasteiger partial charge < -0.3 is 14.8 Å². The van der Waals surface area contributed by atoms with Gasteiger partial charge in [0.2, 0.25) is 5.91 Å². The highest BCUT2D eigenvalue weighted by atomic mass is 16.5. The van der Waals surface area contributed by atoms with Crippen LogP contribution in [-0.4, -0.2) is 56.8 Å². The summed E-state index contributed by atoms with van der Waals surface area (Å²) in [5.74, 6) is 1.49. The molecule has 1 N–H and O–H groups in total. The monoisotopic (exact) mass is 504 g/mol. The first-order chi connectivity index (χ1) is 18.2. The predicted molar refractivity (Wildman–Crippen MR) is 139 cm³/mol. The third-order valence-corrected chi connectivity index (χ3v) is 7.48. The molecule has 0 radical (unpaired) electrons. The minimum absolute atomic E-state index is 0.0512. The number of carbonyl (C=O) groups is 1. The smallest absolute Gasteiger partial charge is 0.237 e. The third kappa shape index (κ3) is 6.46. The summed E-state index contributed by atoms with van der Waals surface area (Å²) in [7, 11) is 1.65. The lowest BCUT2D eigenvalue weighted by Gasteiger charge is -2.26. The van der Waals surface area contributed by atoms with Crippen LogP contribution in [0.5, 0.6) is 11.5 Å². The van der Waals surface area contributed by atoms with E-state index in [1.807, 2.05) is 48.5 Å². The van der Waals surface area contributed by atoms with Gasteiger partial charge in [0.05, 0.1) is 19.2 Å². The number of hydrogen-bond acceptors (Lipinski definition) is 7. The third-order valence-electron chi connectivity index (χ3n) is 7.48. The predicted octanol–water partition coefficient (Wildman–Crippen LogP) is 3.92. The summed E-state index contributed by atoms with van der Waals surface area (Å²) in [5.41, 5.74) is 2.16. The normalized spacial score (nSPS) is 20.9. The van der Waals surface area contributed by atoms with E-state index in [9.17, 15) is 4.79 Å². The van der Waals surface area contributed by atoms with E-state index in [0.717, 1.165) is 24.0 Å². The number of amides is 1. The fourth-order valence-electron chi connectivity index (χ4n) is 5.47. The molecule has 2 fully saturated rings. The molecule has 1 aromatic heterocycles. The van der Waals surface area contributed by atoms with E-state index >= 15 is 0 Å². The minimum atomic E-state index is -0.238. The van der Waals surface area contributed by atoms with Gasteiger partial charge in [0, 0.05) is 19.1 Å². The van der Waals surface area contributed by atoms with Gasteiger partial charge in [0.25, 0.3) is 0 Å². The molecule has 2 aromatic carbocycles. The lowest BCUT2D eigenvalue weighted by atomic mass is 10.1. The number of aromatic nitrogens is 4. The van der Waals surface area contributed by atoms with Crippen molar-refractivity contribution in [2.75, 3.05) is 13.7 Å². The summed E-state index contributed by atoms with van der Waals surface area (Å²) >= 11 is 0. The molecule has 196 valence electrons. The van der Waals surface area contributed by atoms with E-state index in [1.54, 1.807) is 18.1 Å². The molecule has 1 saturated heterocycles. The van der Waals surface area contributed by atoms with E-state index in [4.69, 9.17) is 9.47 Å². The molecule has 37 heavy (non-hydrogen) atoms. The van der Waals surface area contributed by atoms with Crippen molar-refractivity contribution >= 4 is 5.91 Å². The molecule has 2 aliphatic rings. The fraction of sp³-hybridized carbons (Fsp3) is 0.500. The zero-order chi connectivity index (χ0) is 25.5. The Morgan fingerprint density at radius 3 is 2.57 bits per heavy atom. The molecule has 5 rings (SSSR count). The Hall–Kier alpha value is -3.46. The van der Waals surface area contributed by atoms with Gasteiger partial charge in [-0.3, -0.25) is 9.69 Å². The van der Waals surface area contributed by atoms with Crippen LogP contribution >= 0.6 is 0 Å². The Morgan fingerprint density at radius 2 is 1.84 bits per heavy atom. The van der Waals surface area contributed by atoms with Gasteiger partial charge >= 0.3 is 0 Å². The summed E-state index contributed by atoms with van der Waals surface area (Å²) in [6, 6.07) is 16.2. The van der Waals surface area contributed by atoms with Crippen molar-refractivity contribution in [3.05, 3.63) is 66.0 Å². The summed E-state index contributed by atoms with van der Waals surface area (Å²) in [6.45, 7) is 1.79. The van der Waals surface area contributed by atoms with E-state index in [2.05, 4.69) is 25.7 Å². The summed E-state index contributed by atoms with van der Waals surface area (Å²) < 4.78 is 13.5. The van der Waals surface area contributed by atoms with Gasteiger partial charge in [-0.2, -0.15) is 0 Å². The lowest BCUT2D eigenvalue weighted by molar-refractivity contribution is -0.126.